The lowest BCUT2D eigenvalue weighted by Gasteiger charge is -2.29. The van der Waals surface area contributed by atoms with Crippen LogP contribution in [-0.4, -0.2) is 43.9 Å². The van der Waals surface area contributed by atoms with Crippen molar-refractivity contribution in [3.8, 4) is 5.75 Å². The Morgan fingerprint density at radius 3 is 3.00 bits per heavy atom. The van der Waals surface area contributed by atoms with Gasteiger partial charge in [-0.3, -0.25) is 4.90 Å². The second kappa shape index (κ2) is 6.24. The minimum absolute atomic E-state index is 0.119. The summed E-state index contributed by atoms with van der Waals surface area (Å²) in [5, 5.41) is 0.612. The Bertz CT molecular complexity index is 353. The number of halogens is 1. The van der Waals surface area contributed by atoms with Crippen LogP contribution in [0.1, 0.15) is 6.92 Å². The van der Waals surface area contributed by atoms with Crippen LogP contribution in [0.25, 0.3) is 0 Å². The number of benzene rings is 1. The highest BCUT2D eigenvalue weighted by Gasteiger charge is 2.15. The minimum atomic E-state index is 0.119. The van der Waals surface area contributed by atoms with Crippen LogP contribution in [0, 0.1) is 6.07 Å². The predicted molar refractivity (Wildman–Crippen MR) is 67.6 cm³/mol. The van der Waals surface area contributed by atoms with Gasteiger partial charge in [-0.25, -0.2) is 0 Å². The number of nitrogens with zero attached hydrogens (tertiary/aromatic N) is 1. The zero-order valence-electron chi connectivity index (χ0n) is 9.99. The van der Waals surface area contributed by atoms with E-state index in [4.69, 9.17) is 21.1 Å². The number of ether oxygens (including phenoxy) is 2. The lowest BCUT2D eigenvalue weighted by molar-refractivity contribution is 0.0219. The van der Waals surface area contributed by atoms with Crippen LogP contribution < -0.4 is 4.74 Å². The van der Waals surface area contributed by atoms with E-state index in [1.807, 2.05) is 12.1 Å². The highest BCUT2D eigenvalue weighted by Crippen LogP contribution is 2.24. The highest BCUT2D eigenvalue weighted by atomic mass is 35.5. The fraction of sp³-hybridized carbons (Fsp3) is 0.538. The van der Waals surface area contributed by atoms with E-state index in [0.29, 0.717) is 5.02 Å². The molecule has 1 saturated heterocycles. The maximum Gasteiger partial charge on any atom is 0.138 e. The molecule has 0 aromatic heterocycles. The molecule has 0 N–H and O–H groups in total. The molecule has 93 valence electrons. The van der Waals surface area contributed by atoms with Gasteiger partial charge in [-0.15, -0.1) is 0 Å². The fourth-order valence-corrected chi connectivity index (χ4v) is 2.06. The molecule has 0 aliphatic carbocycles. The van der Waals surface area contributed by atoms with Crippen molar-refractivity contribution in [2.45, 2.75) is 13.0 Å². The number of hydrogen-bond acceptors (Lipinski definition) is 3. The van der Waals surface area contributed by atoms with E-state index < -0.39 is 0 Å². The first-order valence-electron chi connectivity index (χ1n) is 5.88. The van der Waals surface area contributed by atoms with Crippen molar-refractivity contribution in [2.24, 2.45) is 0 Å². The molecule has 3 nitrogen and oxygen atoms in total. The third-order valence-corrected chi connectivity index (χ3v) is 3.02. The van der Waals surface area contributed by atoms with Crippen molar-refractivity contribution in [2.75, 3.05) is 32.8 Å². The molecular weight excluding hydrogens is 238 g/mol. The standard InChI is InChI=1S/C13H17ClNO2/c1-11(10-15-6-8-16-9-7-15)17-13-5-3-2-4-12(13)14/h3-5,11H,6-10H2,1H3. The van der Waals surface area contributed by atoms with Crippen LogP contribution in [0.4, 0.5) is 0 Å². The van der Waals surface area contributed by atoms with Crippen molar-refractivity contribution in [1.82, 2.24) is 4.90 Å². The van der Waals surface area contributed by atoms with Gasteiger partial charge in [-0.1, -0.05) is 17.7 Å². The Hall–Kier alpha value is -0.770. The molecule has 4 heteroatoms. The molecule has 1 fully saturated rings. The molecule has 0 bridgehead atoms. The van der Waals surface area contributed by atoms with Crippen molar-refractivity contribution in [1.29, 1.82) is 0 Å². The predicted octanol–water partition coefficient (Wildman–Crippen LogP) is 2.24. The number of morpholine rings is 1. The molecule has 1 radical (unpaired) electrons. The van der Waals surface area contributed by atoms with E-state index in [9.17, 15) is 0 Å². The molecule has 2 rings (SSSR count). The van der Waals surface area contributed by atoms with Crippen LogP contribution in [0.5, 0.6) is 5.75 Å². The van der Waals surface area contributed by atoms with Gasteiger partial charge in [0, 0.05) is 19.6 Å². The molecule has 0 amide bonds. The average Bonchev–Trinajstić information content (AvgIpc) is 2.33. The van der Waals surface area contributed by atoms with Gasteiger partial charge in [-0.2, -0.15) is 0 Å². The number of rotatable bonds is 4. The van der Waals surface area contributed by atoms with Gasteiger partial charge in [-0.05, 0) is 25.1 Å². The SMILES string of the molecule is CC(CN1CCOCC1)Oc1cc[c]cc1Cl. The lowest BCUT2D eigenvalue weighted by Crippen LogP contribution is -2.41. The van der Waals surface area contributed by atoms with Crippen LogP contribution >= 0.6 is 11.6 Å². The Morgan fingerprint density at radius 1 is 1.53 bits per heavy atom. The summed E-state index contributed by atoms with van der Waals surface area (Å²) in [6.45, 7) is 6.54. The fourth-order valence-electron chi connectivity index (χ4n) is 1.89. The van der Waals surface area contributed by atoms with Crippen LogP contribution in [-0.2, 0) is 4.74 Å². The van der Waals surface area contributed by atoms with E-state index in [1.165, 1.54) is 0 Å². The Kier molecular flexibility index (Phi) is 4.66. The molecule has 1 aliphatic heterocycles. The molecule has 1 atom stereocenters. The zero-order chi connectivity index (χ0) is 12.1. The first-order valence-corrected chi connectivity index (χ1v) is 6.26. The van der Waals surface area contributed by atoms with Crippen LogP contribution in [0.2, 0.25) is 5.02 Å². The zero-order valence-corrected chi connectivity index (χ0v) is 10.7. The second-order valence-corrected chi connectivity index (χ2v) is 4.61. The van der Waals surface area contributed by atoms with Gasteiger partial charge in [0.25, 0.3) is 0 Å². The quantitative estimate of drug-likeness (QED) is 0.823. The summed E-state index contributed by atoms with van der Waals surface area (Å²) in [4.78, 5) is 2.34. The third kappa shape index (κ3) is 3.87. The first kappa shape index (κ1) is 12.7. The molecular formula is C13H17ClNO2. The molecule has 1 unspecified atom stereocenters. The molecule has 0 spiro atoms. The Balaban J connectivity index is 1.84. The largest absolute Gasteiger partial charge is 0.488 e. The van der Waals surface area contributed by atoms with E-state index in [-0.39, 0.29) is 6.10 Å². The maximum absolute atomic E-state index is 6.02. The van der Waals surface area contributed by atoms with Crippen molar-refractivity contribution in [3.05, 3.63) is 29.3 Å². The summed E-state index contributed by atoms with van der Waals surface area (Å²) in [6, 6.07) is 8.29. The smallest absolute Gasteiger partial charge is 0.138 e. The Labute approximate surface area is 107 Å². The molecule has 1 aromatic carbocycles. The van der Waals surface area contributed by atoms with Gasteiger partial charge in [0.1, 0.15) is 11.9 Å². The molecule has 1 aromatic rings. The van der Waals surface area contributed by atoms with Gasteiger partial charge < -0.3 is 9.47 Å². The highest BCUT2D eigenvalue weighted by molar-refractivity contribution is 6.32. The van der Waals surface area contributed by atoms with Crippen LogP contribution in [0.3, 0.4) is 0 Å². The summed E-state index contributed by atoms with van der Waals surface area (Å²) < 4.78 is 11.1. The second-order valence-electron chi connectivity index (χ2n) is 4.20. The molecule has 17 heavy (non-hydrogen) atoms. The topological polar surface area (TPSA) is 21.7 Å². The Morgan fingerprint density at radius 2 is 2.29 bits per heavy atom. The third-order valence-electron chi connectivity index (χ3n) is 2.72. The van der Waals surface area contributed by atoms with E-state index in [1.54, 1.807) is 6.07 Å². The number of hydrogen-bond donors (Lipinski definition) is 0. The monoisotopic (exact) mass is 254 g/mol. The summed E-state index contributed by atoms with van der Waals surface area (Å²) in [7, 11) is 0. The summed E-state index contributed by atoms with van der Waals surface area (Å²) in [5.74, 6) is 0.728. The van der Waals surface area contributed by atoms with Crippen molar-refractivity contribution in [3.63, 3.8) is 0 Å². The summed E-state index contributed by atoms with van der Waals surface area (Å²) in [5.41, 5.74) is 0. The molecule has 1 aliphatic rings. The molecule has 0 saturated carbocycles. The maximum atomic E-state index is 6.02. The van der Waals surface area contributed by atoms with E-state index in [0.717, 1.165) is 38.6 Å². The average molecular weight is 255 g/mol. The minimum Gasteiger partial charge on any atom is -0.488 e. The van der Waals surface area contributed by atoms with Crippen LogP contribution in [0.15, 0.2) is 18.2 Å². The van der Waals surface area contributed by atoms with Crippen molar-refractivity contribution >= 4 is 11.6 Å². The van der Waals surface area contributed by atoms with E-state index in [2.05, 4.69) is 17.9 Å². The molecule has 1 heterocycles. The van der Waals surface area contributed by atoms with Gasteiger partial charge in [0.15, 0.2) is 0 Å². The van der Waals surface area contributed by atoms with Crippen molar-refractivity contribution < 1.29 is 9.47 Å². The van der Waals surface area contributed by atoms with Gasteiger partial charge in [0.05, 0.1) is 18.2 Å². The summed E-state index contributed by atoms with van der Waals surface area (Å²) in [6.07, 6.45) is 0.119. The first-order chi connectivity index (χ1) is 8.25. The van der Waals surface area contributed by atoms with Gasteiger partial charge >= 0.3 is 0 Å². The van der Waals surface area contributed by atoms with E-state index >= 15 is 0 Å². The lowest BCUT2D eigenvalue weighted by atomic mass is 10.3. The van der Waals surface area contributed by atoms with Gasteiger partial charge in [0.2, 0.25) is 0 Å². The summed E-state index contributed by atoms with van der Waals surface area (Å²) >= 11 is 6.02. The normalized spacial score (nSPS) is 18.9.